The lowest BCUT2D eigenvalue weighted by Crippen LogP contribution is -2.12. The molecule has 0 atom stereocenters. The zero-order valence-electron chi connectivity index (χ0n) is 9.53. The Morgan fingerprint density at radius 3 is 2.83 bits per heavy atom. The minimum absolute atomic E-state index is 0.156. The highest BCUT2D eigenvalue weighted by Crippen LogP contribution is 2.35. The van der Waals surface area contributed by atoms with E-state index >= 15 is 0 Å². The first-order valence-electron chi connectivity index (χ1n) is 5.60. The second-order valence-electron chi connectivity index (χ2n) is 4.07. The van der Waals surface area contributed by atoms with Crippen molar-refractivity contribution in [3.8, 4) is 17.6 Å². The molecule has 90 valence electrons. The van der Waals surface area contributed by atoms with Crippen molar-refractivity contribution in [2.45, 2.75) is 12.8 Å². The number of hydrogen-bond acceptors (Lipinski definition) is 4. The summed E-state index contributed by atoms with van der Waals surface area (Å²) in [5.41, 5.74) is 1.17. The normalized spacial score (nSPS) is 12.6. The van der Waals surface area contributed by atoms with Crippen molar-refractivity contribution in [1.29, 1.82) is 5.26 Å². The van der Waals surface area contributed by atoms with Gasteiger partial charge in [-0.1, -0.05) is 0 Å². The monoisotopic (exact) mass is 242 g/mol. The van der Waals surface area contributed by atoms with Gasteiger partial charge < -0.3 is 14.5 Å². The smallest absolute Gasteiger partial charge is 0.251 e. The summed E-state index contributed by atoms with van der Waals surface area (Å²) >= 11 is 0. The Labute approximate surface area is 103 Å². The van der Waals surface area contributed by atoms with Crippen LogP contribution in [-0.4, -0.2) is 11.8 Å². The number of nitrogens with one attached hydrogen (secondary N) is 1. The summed E-state index contributed by atoms with van der Waals surface area (Å²) in [5.74, 6) is 1.32. The van der Waals surface area contributed by atoms with E-state index in [1.807, 2.05) is 12.1 Å². The first-order chi connectivity index (χ1) is 8.78. The lowest BCUT2D eigenvalue weighted by molar-refractivity contribution is 0.174. The average molecular weight is 242 g/mol. The molecule has 1 aromatic heterocycles. The zero-order valence-corrected chi connectivity index (χ0v) is 9.53. The van der Waals surface area contributed by atoms with Gasteiger partial charge in [0.1, 0.15) is 0 Å². The molecule has 2 heterocycles. The molecule has 0 amide bonds. The van der Waals surface area contributed by atoms with E-state index in [1.165, 1.54) is 0 Å². The van der Waals surface area contributed by atoms with Crippen LogP contribution >= 0.6 is 0 Å². The third-order valence-electron chi connectivity index (χ3n) is 2.92. The number of nitrogens with zero attached hydrogens (tertiary/aromatic N) is 1. The van der Waals surface area contributed by atoms with Gasteiger partial charge in [0.25, 0.3) is 5.56 Å². The van der Waals surface area contributed by atoms with Crippen molar-refractivity contribution >= 4 is 10.9 Å². The first kappa shape index (κ1) is 10.7. The van der Waals surface area contributed by atoms with Crippen LogP contribution in [0, 0.1) is 11.3 Å². The van der Waals surface area contributed by atoms with Gasteiger partial charge in [-0.3, -0.25) is 4.79 Å². The third-order valence-corrected chi connectivity index (χ3v) is 2.92. The summed E-state index contributed by atoms with van der Waals surface area (Å²) in [6.45, 7) is 0.206. The molecule has 3 rings (SSSR count). The Hall–Kier alpha value is -2.48. The van der Waals surface area contributed by atoms with Crippen molar-refractivity contribution < 1.29 is 9.47 Å². The van der Waals surface area contributed by atoms with Crippen LogP contribution in [0.3, 0.4) is 0 Å². The number of aromatic nitrogens is 1. The number of nitriles is 1. The van der Waals surface area contributed by atoms with Gasteiger partial charge >= 0.3 is 0 Å². The predicted molar refractivity (Wildman–Crippen MR) is 64.6 cm³/mol. The molecule has 5 nitrogen and oxygen atoms in total. The Kier molecular flexibility index (Phi) is 2.41. The molecule has 1 aliphatic heterocycles. The Morgan fingerprint density at radius 2 is 2.06 bits per heavy atom. The minimum Gasteiger partial charge on any atom is -0.454 e. The lowest BCUT2D eigenvalue weighted by Gasteiger charge is -2.03. The fourth-order valence-corrected chi connectivity index (χ4v) is 2.02. The van der Waals surface area contributed by atoms with Gasteiger partial charge in [0.05, 0.1) is 11.6 Å². The SMILES string of the molecule is N#CCCc1cc2cc3c(cc2[nH]c1=O)OCO3. The number of fused-ring (bicyclic) bond motifs is 2. The number of hydrogen-bond donors (Lipinski definition) is 1. The molecule has 0 unspecified atom stereocenters. The predicted octanol–water partition coefficient (Wildman–Crippen LogP) is 1.71. The van der Waals surface area contributed by atoms with Crippen LogP contribution in [0.5, 0.6) is 11.5 Å². The third kappa shape index (κ3) is 1.68. The fourth-order valence-electron chi connectivity index (χ4n) is 2.02. The van der Waals surface area contributed by atoms with Crippen molar-refractivity contribution in [3.63, 3.8) is 0 Å². The molecule has 0 bridgehead atoms. The number of aromatic amines is 1. The molecule has 0 aliphatic carbocycles. The molecule has 0 saturated carbocycles. The average Bonchev–Trinajstić information content (AvgIpc) is 2.80. The first-order valence-corrected chi connectivity index (χ1v) is 5.60. The van der Waals surface area contributed by atoms with Crippen molar-refractivity contribution in [2.75, 3.05) is 6.79 Å². The summed E-state index contributed by atoms with van der Waals surface area (Å²) in [5, 5.41) is 9.44. The largest absolute Gasteiger partial charge is 0.454 e. The summed E-state index contributed by atoms with van der Waals surface area (Å²) in [4.78, 5) is 14.6. The van der Waals surface area contributed by atoms with E-state index in [4.69, 9.17) is 14.7 Å². The molecule has 1 aromatic carbocycles. The van der Waals surface area contributed by atoms with Crippen LogP contribution in [0.4, 0.5) is 0 Å². The maximum absolute atomic E-state index is 11.8. The lowest BCUT2D eigenvalue weighted by atomic mass is 10.1. The van der Waals surface area contributed by atoms with Crippen LogP contribution in [0.2, 0.25) is 0 Å². The van der Waals surface area contributed by atoms with Crippen LogP contribution in [-0.2, 0) is 6.42 Å². The van der Waals surface area contributed by atoms with E-state index in [9.17, 15) is 4.79 Å². The highest BCUT2D eigenvalue weighted by atomic mass is 16.7. The van der Waals surface area contributed by atoms with Crippen molar-refractivity contribution in [3.05, 3.63) is 34.1 Å². The van der Waals surface area contributed by atoms with Crippen molar-refractivity contribution in [1.82, 2.24) is 4.98 Å². The standard InChI is InChI=1S/C13H10N2O3/c14-3-1-2-8-4-9-5-11-12(18-7-17-11)6-10(9)15-13(8)16/h4-6H,1-2,7H2,(H,15,16). The fraction of sp³-hybridized carbons (Fsp3) is 0.231. The number of H-pyrrole nitrogens is 1. The summed E-state index contributed by atoms with van der Waals surface area (Å²) in [6, 6.07) is 7.43. The molecular weight excluding hydrogens is 232 g/mol. The zero-order chi connectivity index (χ0) is 12.5. The molecular formula is C13H10N2O3. The molecule has 0 fully saturated rings. The summed E-state index contributed by atoms with van der Waals surface area (Å²) in [6.07, 6.45) is 0.787. The van der Waals surface area contributed by atoms with Crippen LogP contribution in [0.1, 0.15) is 12.0 Å². The Balaban J connectivity index is 2.14. The second-order valence-corrected chi connectivity index (χ2v) is 4.07. The van der Waals surface area contributed by atoms with Gasteiger partial charge in [0, 0.05) is 23.4 Å². The van der Waals surface area contributed by atoms with E-state index in [0.29, 0.717) is 35.4 Å². The van der Waals surface area contributed by atoms with E-state index in [2.05, 4.69) is 4.98 Å². The molecule has 5 heteroatoms. The summed E-state index contributed by atoms with van der Waals surface area (Å²) in [7, 11) is 0. The van der Waals surface area contributed by atoms with Crippen molar-refractivity contribution in [2.24, 2.45) is 0 Å². The van der Waals surface area contributed by atoms with Crippen LogP contribution in [0.15, 0.2) is 23.0 Å². The van der Waals surface area contributed by atoms with Gasteiger partial charge in [-0.05, 0) is 18.6 Å². The highest BCUT2D eigenvalue weighted by Gasteiger charge is 2.15. The number of aryl methyl sites for hydroxylation is 1. The molecule has 2 aromatic rings. The Morgan fingerprint density at radius 1 is 1.28 bits per heavy atom. The minimum atomic E-state index is -0.156. The molecule has 0 radical (unpaired) electrons. The number of benzene rings is 1. The maximum Gasteiger partial charge on any atom is 0.251 e. The molecule has 1 aliphatic rings. The second kappa shape index (κ2) is 4.08. The number of ether oxygens (including phenoxy) is 2. The van der Waals surface area contributed by atoms with E-state index in [0.717, 1.165) is 5.39 Å². The van der Waals surface area contributed by atoms with E-state index in [1.54, 1.807) is 12.1 Å². The number of pyridine rings is 1. The van der Waals surface area contributed by atoms with Gasteiger partial charge in [-0.25, -0.2) is 0 Å². The van der Waals surface area contributed by atoms with E-state index in [-0.39, 0.29) is 12.4 Å². The molecule has 0 spiro atoms. The van der Waals surface area contributed by atoms with E-state index < -0.39 is 0 Å². The topological polar surface area (TPSA) is 75.1 Å². The molecule has 1 N–H and O–H groups in total. The van der Waals surface area contributed by atoms with Gasteiger partial charge in [-0.15, -0.1) is 0 Å². The van der Waals surface area contributed by atoms with Crippen LogP contribution in [0.25, 0.3) is 10.9 Å². The summed E-state index contributed by atoms with van der Waals surface area (Å²) < 4.78 is 10.5. The van der Waals surface area contributed by atoms with Gasteiger partial charge in [-0.2, -0.15) is 5.26 Å². The van der Waals surface area contributed by atoms with Gasteiger partial charge in [0.2, 0.25) is 6.79 Å². The number of rotatable bonds is 2. The highest BCUT2D eigenvalue weighted by molar-refractivity contribution is 5.83. The van der Waals surface area contributed by atoms with Crippen LogP contribution < -0.4 is 15.0 Å². The quantitative estimate of drug-likeness (QED) is 0.869. The maximum atomic E-state index is 11.8. The molecule has 0 saturated heterocycles. The Bertz CT molecular complexity index is 712. The molecule has 18 heavy (non-hydrogen) atoms. The van der Waals surface area contributed by atoms with Gasteiger partial charge in [0.15, 0.2) is 11.5 Å².